The van der Waals surface area contributed by atoms with Gasteiger partial charge in [-0.2, -0.15) is 0 Å². The molecular formula is C20H32N2O2. The predicted octanol–water partition coefficient (Wildman–Crippen LogP) is 3.59. The van der Waals surface area contributed by atoms with Crippen molar-refractivity contribution in [3.63, 3.8) is 0 Å². The molecule has 1 saturated heterocycles. The van der Waals surface area contributed by atoms with Crippen molar-refractivity contribution in [3.05, 3.63) is 29.8 Å². The zero-order valence-corrected chi connectivity index (χ0v) is 15.3. The van der Waals surface area contributed by atoms with E-state index in [1.807, 2.05) is 24.3 Å². The number of carbonyl (C=O) groups is 1. The van der Waals surface area contributed by atoms with Gasteiger partial charge in [0, 0.05) is 30.9 Å². The number of hydrogen-bond donors (Lipinski definition) is 2. The number of carbonyl (C=O) groups excluding carboxylic acids is 1. The van der Waals surface area contributed by atoms with Crippen molar-refractivity contribution in [2.45, 2.75) is 59.0 Å². The molecule has 134 valence electrons. The zero-order valence-electron chi connectivity index (χ0n) is 15.3. The molecule has 1 fully saturated rings. The van der Waals surface area contributed by atoms with Crippen molar-refractivity contribution in [3.8, 4) is 0 Å². The minimum atomic E-state index is -0.165. The van der Waals surface area contributed by atoms with Gasteiger partial charge < -0.3 is 15.3 Å². The average molecular weight is 332 g/mol. The lowest BCUT2D eigenvalue weighted by Gasteiger charge is -2.31. The fraction of sp³-hybridized carbons (Fsp3) is 0.650. The van der Waals surface area contributed by atoms with Gasteiger partial charge in [0.25, 0.3) is 5.91 Å². The molecule has 0 bridgehead atoms. The Hall–Kier alpha value is -1.55. The Morgan fingerprint density at radius 1 is 1.12 bits per heavy atom. The molecule has 4 nitrogen and oxygen atoms in total. The van der Waals surface area contributed by atoms with Gasteiger partial charge in [-0.05, 0) is 61.8 Å². The summed E-state index contributed by atoms with van der Waals surface area (Å²) in [5, 5.41) is 12.7. The molecule has 1 heterocycles. The van der Waals surface area contributed by atoms with Crippen LogP contribution in [-0.4, -0.2) is 36.8 Å². The molecule has 0 aromatic heterocycles. The number of rotatable bonds is 7. The Kier molecular flexibility index (Phi) is 6.67. The van der Waals surface area contributed by atoms with Gasteiger partial charge in [-0.1, -0.05) is 20.8 Å². The van der Waals surface area contributed by atoms with Gasteiger partial charge in [0.15, 0.2) is 0 Å². The maximum Gasteiger partial charge on any atom is 0.251 e. The highest BCUT2D eigenvalue weighted by molar-refractivity contribution is 5.94. The molecule has 4 heteroatoms. The largest absolute Gasteiger partial charge is 0.393 e. The fourth-order valence-electron chi connectivity index (χ4n) is 3.44. The van der Waals surface area contributed by atoms with Crippen LogP contribution >= 0.6 is 0 Å². The van der Waals surface area contributed by atoms with E-state index in [0.717, 1.165) is 57.4 Å². The van der Waals surface area contributed by atoms with E-state index in [1.54, 1.807) is 0 Å². The number of nitrogens with zero attached hydrogens (tertiary/aromatic N) is 1. The Morgan fingerprint density at radius 3 is 2.17 bits per heavy atom. The zero-order chi connectivity index (χ0) is 17.6. The topological polar surface area (TPSA) is 52.6 Å². The van der Waals surface area contributed by atoms with Crippen molar-refractivity contribution < 1.29 is 9.90 Å². The SMILES string of the molecule is CCC(CC)(CC)CNC(=O)c1ccc(N2CCC(O)CC2)cc1. The molecule has 2 rings (SSSR count). The van der Waals surface area contributed by atoms with E-state index in [1.165, 1.54) is 0 Å². The van der Waals surface area contributed by atoms with Crippen LogP contribution < -0.4 is 10.2 Å². The van der Waals surface area contributed by atoms with Crippen LogP contribution in [0.25, 0.3) is 0 Å². The summed E-state index contributed by atoms with van der Waals surface area (Å²) in [6, 6.07) is 7.83. The predicted molar refractivity (Wildman–Crippen MR) is 99.5 cm³/mol. The lowest BCUT2D eigenvalue weighted by Crippen LogP contribution is -2.37. The number of anilines is 1. The van der Waals surface area contributed by atoms with E-state index in [9.17, 15) is 9.90 Å². The van der Waals surface area contributed by atoms with Crippen LogP contribution in [0.15, 0.2) is 24.3 Å². The van der Waals surface area contributed by atoms with E-state index in [4.69, 9.17) is 0 Å². The summed E-state index contributed by atoms with van der Waals surface area (Å²) in [5.41, 5.74) is 2.06. The first-order valence-corrected chi connectivity index (χ1v) is 9.35. The van der Waals surface area contributed by atoms with Crippen LogP contribution in [0, 0.1) is 5.41 Å². The van der Waals surface area contributed by atoms with E-state index in [-0.39, 0.29) is 17.4 Å². The number of benzene rings is 1. The van der Waals surface area contributed by atoms with Crippen molar-refractivity contribution >= 4 is 11.6 Å². The summed E-state index contributed by atoms with van der Waals surface area (Å²) in [7, 11) is 0. The lowest BCUT2D eigenvalue weighted by molar-refractivity contribution is 0.0923. The highest BCUT2D eigenvalue weighted by Gasteiger charge is 2.24. The molecule has 2 N–H and O–H groups in total. The molecule has 1 aromatic carbocycles. The second kappa shape index (κ2) is 8.52. The van der Waals surface area contributed by atoms with Gasteiger partial charge in [-0.3, -0.25) is 4.79 Å². The van der Waals surface area contributed by atoms with Crippen LogP contribution in [0.4, 0.5) is 5.69 Å². The van der Waals surface area contributed by atoms with Crippen LogP contribution in [-0.2, 0) is 0 Å². The third kappa shape index (κ3) is 4.50. The van der Waals surface area contributed by atoms with Crippen molar-refractivity contribution in [1.29, 1.82) is 0 Å². The van der Waals surface area contributed by atoms with Crippen LogP contribution in [0.3, 0.4) is 0 Å². The highest BCUT2D eigenvalue weighted by atomic mass is 16.3. The normalized spacial score (nSPS) is 16.2. The molecule has 1 aliphatic rings. The third-order valence-corrected chi connectivity index (χ3v) is 5.83. The first-order valence-electron chi connectivity index (χ1n) is 9.35. The van der Waals surface area contributed by atoms with Crippen LogP contribution in [0.2, 0.25) is 0 Å². The van der Waals surface area contributed by atoms with E-state index < -0.39 is 0 Å². The van der Waals surface area contributed by atoms with E-state index in [2.05, 4.69) is 31.0 Å². The molecule has 1 aromatic rings. The fourth-order valence-corrected chi connectivity index (χ4v) is 3.44. The van der Waals surface area contributed by atoms with Crippen LogP contribution in [0.5, 0.6) is 0 Å². The van der Waals surface area contributed by atoms with Gasteiger partial charge in [0.05, 0.1) is 6.10 Å². The maximum absolute atomic E-state index is 12.4. The van der Waals surface area contributed by atoms with Crippen LogP contribution in [0.1, 0.15) is 63.2 Å². The first-order chi connectivity index (χ1) is 11.5. The number of amides is 1. The lowest BCUT2D eigenvalue weighted by atomic mass is 9.80. The highest BCUT2D eigenvalue weighted by Crippen LogP contribution is 2.29. The van der Waals surface area contributed by atoms with Crippen molar-refractivity contribution in [2.75, 3.05) is 24.5 Å². The minimum absolute atomic E-state index is 0.00958. The molecule has 0 aliphatic carbocycles. The van der Waals surface area contributed by atoms with Crippen molar-refractivity contribution in [2.24, 2.45) is 5.41 Å². The molecule has 1 amide bonds. The van der Waals surface area contributed by atoms with Gasteiger partial charge in [-0.25, -0.2) is 0 Å². The first kappa shape index (κ1) is 18.8. The summed E-state index contributed by atoms with van der Waals surface area (Å²) in [4.78, 5) is 14.7. The average Bonchev–Trinajstić information content (AvgIpc) is 2.64. The van der Waals surface area contributed by atoms with E-state index in [0.29, 0.717) is 5.56 Å². The van der Waals surface area contributed by atoms with Gasteiger partial charge in [0.2, 0.25) is 0 Å². The Bertz CT molecular complexity index is 507. The number of nitrogens with one attached hydrogen (secondary N) is 1. The summed E-state index contributed by atoms with van der Waals surface area (Å²) in [6.45, 7) is 9.08. The quantitative estimate of drug-likeness (QED) is 0.802. The maximum atomic E-state index is 12.4. The summed E-state index contributed by atoms with van der Waals surface area (Å²) in [6.07, 6.45) is 4.72. The standard InChI is InChI=1S/C20H32N2O2/c1-4-20(5-2,6-3)15-21-19(24)16-7-9-17(10-8-16)22-13-11-18(23)12-14-22/h7-10,18,23H,4-6,11-15H2,1-3H3,(H,21,24). The molecule has 0 unspecified atom stereocenters. The smallest absolute Gasteiger partial charge is 0.251 e. The second-order valence-corrected chi connectivity index (χ2v) is 7.01. The molecule has 0 radical (unpaired) electrons. The summed E-state index contributed by atoms with van der Waals surface area (Å²) >= 11 is 0. The van der Waals surface area contributed by atoms with Gasteiger partial charge in [-0.15, -0.1) is 0 Å². The molecule has 0 atom stereocenters. The molecule has 0 saturated carbocycles. The second-order valence-electron chi connectivity index (χ2n) is 7.01. The van der Waals surface area contributed by atoms with E-state index >= 15 is 0 Å². The summed E-state index contributed by atoms with van der Waals surface area (Å²) < 4.78 is 0. The Labute approximate surface area is 146 Å². The summed E-state index contributed by atoms with van der Waals surface area (Å²) in [5.74, 6) is 0.00958. The monoisotopic (exact) mass is 332 g/mol. The number of hydrogen-bond acceptors (Lipinski definition) is 3. The Morgan fingerprint density at radius 2 is 1.67 bits per heavy atom. The van der Waals surface area contributed by atoms with Crippen molar-refractivity contribution in [1.82, 2.24) is 5.32 Å². The number of aliphatic hydroxyl groups is 1. The van der Waals surface area contributed by atoms with Gasteiger partial charge in [0.1, 0.15) is 0 Å². The Balaban J connectivity index is 1.94. The molecular weight excluding hydrogens is 300 g/mol. The minimum Gasteiger partial charge on any atom is -0.393 e. The third-order valence-electron chi connectivity index (χ3n) is 5.83. The molecule has 1 aliphatic heterocycles. The molecule has 0 spiro atoms. The molecule has 24 heavy (non-hydrogen) atoms. The number of piperidine rings is 1. The number of aliphatic hydroxyl groups excluding tert-OH is 1. The van der Waals surface area contributed by atoms with Gasteiger partial charge >= 0.3 is 0 Å².